The van der Waals surface area contributed by atoms with Gasteiger partial charge in [-0.3, -0.25) is 0 Å². The maximum absolute atomic E-state index is 6.87. The van der Waals surface area contributed by atoms with Gasteiger partial charge in [0.05, 0.1) is 5.60 Å². The summed E-state index contributed by atoms with van der Waals surface area (Å²) in [7, 11) is -1.64. The first-order chi connectivity index (χ1) is 11.2. The Morgan fingerprint density at radius 3 is 2.25 bits per heavy atom. The molecule has 0 saturated heterocycles. The molecular weight excluding hydrogens is 308 g/mol. The Kier molecular flexibility index (Phi) is 7.74. The highest BCUT2D eigenvalue weighted by Gasteiger charge is 2.36. The minimum absolute atomic E-state index is 0.225. The molecule has 1 nitrogen and oxygen atoms in total. The number of hydrogen-bond acceptors (Lipinski definition) is 1. The lowest BCUT2D eigenvalue weighted by Gasteiger charge is -2.39. The third-order valence-electron chi connectivity index (χ3n) is 6.08. The van der Waals surface area contributed by atoms with E-state index < -0.39 is 8.32 Å². The van der Waals surface area contributed by atoms with Crippen LogP contribution in [0.25, 0.3) is 0 Å². The Morgan fingerprint density at radius 1 is 1.21 bits per heavy atom. The molecule has 0 aromatic carbocycles. The van der Waals surface area contributed by atoms with Crippen molar-refractivity contribution in [3.63, 3.8) is 0 Å². The highest BCUT2D eigenvalue weighted by atomic mass is 28.4. The molecule has 0 spiro atoms. The van der Waals surface area contributed by atoms with Crippen LogP contribution >= 0.6 is 0 Å². The lowest BCUT2D eigenvalue weighted by Crippen LogP contribution is -2.44. The maximum Gasteiger partial charge on any atom is 0.193 e. The van der Waals surface area contributed by atoms with Gasteiger partial charge in [0, 0.05) is 0 Å². The molecule has 1 aliphatic rings. The van der Waals surface area contributed by atoms with Crippen LogP contribution in [0.3, 0.4) is 0 Å². The van der Waals surface area contributed by atoms with E-state index in [0.717, 1.165) is 6.42 Å². The molecule has 0 aliphatic heterocycles. The molecule has 1 rings (SSSR count). The van der Waals surface area contributed by atoms with Crippen LogP contribution in [-0.4, -0.2) is 13.9 Å². The normalized spacial score (nSPS) is 21.1. The molecule has 0 saturated carbocycles. The minimum Gasteiger partial charge on any atom is -0.408 e. The van der Waals surface area contributed by atoms with Crippen molar-refractivity contribution in [1.82, 2.24) is 0 Å². The average molecular weight is 349 g/mol. The molecular formula is C22H40OSi. The molecule has 1 aliphatic carbocycles. The molecule has 0 bridgehead atoms. The second-order valence-corrected chi connectivity index (χ2v) is 13.1. The van der Waals surface area contributed by atoms with Gasteiger partial charge in [-0.05, 0) is 68.7 Å². The predicted molar refractivity (Wildman–Crippen MR) is 111 cm³/mol. The average Bonchev–Trinajstić information content (AvgIpc) is 2.52. The van der Waals surface area contributed by atoms with E-state index in [1.54, 1.807) is 5.57 Å². The van der Waals surface area contributed by atoms with Crippen molar-refractivity contribution in [1.29, 1.82) is 0 Å². The van der Waals surface area contributed by atoms with Gasteiger partial charge < -0.3 is 4.43 Å². The zero-order valence-corrected chi connectivity index (χ0v) is 18.3. The van der Waals surface area contributed by atoms with Gasteiger partial charge in [0.2, 0.25) is 0 Å². The quantitative estimate of drug-likeness (QED) is 0.311. The van der Waals surface area contributed by atoms with Crippen molar-refractivity contribution >= 4 is 8.32 Å². The van der Waals surface area contributed by atoms with Crippen molar-refractivity contribution in [2.45, 2.75) is 97.9 Å². The summed E-state index contributed by atoms with van der Waals surface area (Å²) in [5, 5.41) is 0. The molecule has 0 heterocycles. The summed E-state index contributed by atoms with van der Waals surface area (Å²) >= 11 is 0. The molecule has 138 valence electrons. The third kappa shape index (κ3) is 5.19. The summed E-state index contributed by atoms with van der Waals surface area (Å²) in [5.41, 5.74) is 3.12. The lowest BCUT2D eigenvalue weighted by atomic mass is 9.72. The third-order valence-corrected chi connectivity index (χ3v) is 10.8. The van der Waals surface area contributed by atoms with Crippen LogP contribution in [0, 0.1) is 5.41 Å². The first kappa shape index (κ1) is 21.4. The SMILES string of the molecule is C=CCC(C)(/C=C/C1=C(C)CCCC1(C)C)O[Si](CC)(CC)CC. The predicted octanol–water partition coefficient (Wildman–Crippen LogP) is 7.43. The second kappa shape index (κ2) is 8.67. The Hall–Kier alpha value is -0.603. The fourth-order valence-corrected chi connectivity index (χ4v) is 7.23. The highest BCUT2D eigenvalue weighted by Crippen LogP contribution is 2.41. The van der Waals surface area contributed by atoms with Crippen molar-refractivity contribution in [3.05, 3.63) is 36.0 Å². The summed E-state index contributed by atoms with van der Waals surface area (Å²) < 4.78 is 6.87. The second-order valence-electron chi connectivity index (χ2n) is 8.42. The summed E-state index contributed by atoms with van der Waals surface area (Å²) in [6.45, 7) is 20.2. The van der Waals surface area contributed by atoms with Crippen molar-refractivity contribution < 1.29 is 4.43 Å². The maximum atomic E-state index is 6.87. The summed E-state index contributed by atoms with van der Waals surface area (Å²) in [6, 6.07) is 3.56. The molecule has 0 aromatic rings. The minimum atomic E-state index is -1.64. The molecule has 1 unspecified atom stereocenters. The van der Waals surface area contributed by atoms with Gasteiger partial charge in [-0.2, -0.15) is 0 Å². The Bertz CT molecular complexity index is 474. The number of rotatable bonds is 9. The van der Waals surface area contributed by atoms with E-state index in [0.29, 0.717) is 0 Å². The fourth-order valence-electron chi connectivity index (χ4n) is 4.16. The van der Waals surface area contributed by atoms with E-state index in [1.165, 1.54) is 43.0 Å². The van der Waals surface area contributed by atoms with Gasteiger partial charge in [-0.25, -0.2) is 0 Å². The molecule has 0 N–H and O–H groups in total. The number of allylic oxidation sites excluding steroid dienone is 3. The zero-order valence-electron chi connectivity index (χ0n) is 17.3. The monoisotopic (exact) mass is 348 g/mol. The summed E-state index contributed by atoms with van der Waals surface area (Å²) in [4.78, 5) is 0. The fraction of sp³-hybridized carbons (Fsp3) is 0.727. The zero-order chi connectivity index (χ0) is 18.4. The van der Waals surface area contributed by atoms with E-state index in [-0.39, 0.29) is 11.0 Å². The summed E-state index contributed by atoms with van der Waals surface area (Å²) in [6.07, 6.45) is 11.4. The van der Waals surface area contributed by atoms with Gasteiger partial charge in [-0.1, -0.05) is 58.4 Å². The van der Waals surface area contributed by atoms with E-state index in [1.807, 2.05) is 6.08 Å². The lowest BCUT2D eigenvalue weighted by molar-refractivity contribution is 0.129. The van der Waals surface area contributed by atoms with Crippen LogP contribution in [0.4, 0.5) is 0 Å². The molecule has 24 heavy (non-hydrogen) atoms. The van der Waals surface area contributed by atoms with Crippen molar-refractivity contribution in [2.75, 3.05) is 0 Å². The Balaban J connectivity index is 3.13. The van der Waals surface area contributed by atoms with Gasteiger partial charge in [-0.15, -0.1) is 6.58 Å². The van der Waals surface area contributed by atoms with Gasteiger partial charge in [0.15, 0.2) is 8.32 Å². The van der Waals surface area contributed by atoms with Crippen LogP contribution in [-0.2, 0) is 4.43 Å². The summed E-state index contributed by atoms with van der Waals surface area (Å²) in [5.74, 6) is 0. The molecule has 0 amide bonds. The van der Waals surface area contributed by atoms with Crippen LogP contribution in [0.15, 0.2) is 36.0 Å². The molecule has 0 fully saturated rings. The van der Waals surface area contributed by atoms with Gasteiger partial charge in [0.1, 0.15) is 0 Å². The molecule has 0 radical (unpaired) electrons. The molecule has 2 heteroatoms. The number of hydrogen-bond donors (Lipinski definition) is 0. The molecule has 0 aromatic heterocycles. The van der Waals surface area contributed by atoms with E-state index in [9.17, 15) is 0 Å². The van der Waals surface area contributed by atoms with Gasteiger partial charge >= 0.3 is 0 Å². The van der Waals surface area contributed by atoms with E-state index >= 15 is 0 Å². The first-order valence-electron chi connectivity index (χ1n) is 9.88. The van der Waals surface area contributed by atoms with Gasteiger partial charge in [0.25, 0.3) is 0 Å². The van der Waals surface area contributed by atoms with Crippen molar-refractivity contribution in [3.8, 4) is 0 Å². The van der Waals surface area contributed by atoms with Crippen LogP contribution in [0.1, 0.15) is 74.1 Å². The smallest absolute Gasteiger partial charge is 0.193 e. The topological polar surface area (TPSA) is 9.23 Å². The van der Waals surface area contributed by atoms with E-state index in [2.05, 4.69) is 67.2 Å². The van der Waals surface area contributed by atoms with E-state index in [4.69, 9.17) is 4.43 Å². The highest BCUT2D eigenvalue weighted by molar-refractivity contribution is 6.73. The van der Waals surface area contributed by atoms with Crippen molar-refractivity contribution in [2.24, 2.45) is 5.41 Å². The Morgan fingerprint density at radius 2 is 1.79 bits per heavy atom. The Labute approximate surface area is 152 Å². The standard InChI is InChI=1S/C22H40OSi/c1-9-16-22(8,23-24(10-2,11-3)12-4)18-15-20-19(5)14-13-17-21(20,6)7/h9,15,18H,1,10-14,16-17H2,2-8H3/b18-15+. The molecule has 1 atom stereocenters. The largest absolute Gasteiger partial charge is 0.408 e. The first-order valence-corrected chi connectivity index (χ1v) is 12.4. The van der Waals surface area contributed by atoms with Crippen LogP contribution in [0.5, 0.6) is 0 Å². The van der Waals surface area contributed by atoms with Crippen LogP contribution in [0.2, 0.25) is 18.1 Å². The van der Waals surface area contributed by atoms with Crippen LogP contribution < -0.4 is 0 Å².